The quantitative estimate of drug-likeness (QED) is 0.676. The van der Waals surface area contributed by atoms with Gasteiger partial charge in [0, 0.05) is 13.6 Å². The number of hydrogen-bond donors (Lipinski definition) is 1. The number of sulfonamides is 1. The Morgan fingerprint density at radius 3 is 2.59 bits per heavy atom. The summed E-state index contributed by atoms with van der Waals surface area (Å²) < 4.78 is 25.5. The second kappa shape index (κ2) is 5.08. The molecule has 1 rings (SSSR count). The molecule has 0 fully saturated rings. The molecule has 4 nitrogen and oxygen atoms in total. The second-order valence-electron chi connectivity index (χ2n) is 3.90. The molecule has 0 heterocycles. The smallest absolute Gasteiger partial charge is 0.243 e. The SMILES string of the molecule is C=C(C)CN(C)S(=O)(=O)c1ccc(Cl)c(N)c1. The second-order valence-corrected chi connectivity index (χ2v) is 6.35. The maximum Gasteiger partial charge on any atom is 0.243 e. The van der Waals surface area contributed by atoms with E-state index in [9.17, 15) is 8.42 Å². The third-order valence-electron chi connectivity index (χ3n) is 2.17. The lowest BCUT2D eigenvalue weighted by Crippen LogP contribution is -2.28. The van der Waals surface area contributed by atoms with Crippen LogP contribution in [0.15, 0.2) is 35.2 Å². The Hall–Kier alpha value is -1.04. The molecule has 0 atom stereocenters. The van der Waals surface area contributed by atoms with Gasteiger partial charge in [0.15, 0.2) is 0 Å². The minimum atomic E-state index is -3.54. The van der Waals surface area contributed by atoms with E-state index in [1.165, 1.54) is 29.6 Å². The highest BCUT2D eigenvalue weighted by molar-refractivity contribution is 7.89. The third kappa shape index (κ3) is 3.21. The molecule has 0 radical (unpaired) electrons. The van der Waals surface area contributed by atoms with E-state index >= 15 is 0 Å². The highest BCUT2D eigenvalue weighted by Gasteiger charge is 2.21. The fourth-order valence-electron chi connectivity index (χ4n) is 1.33. The van der Waals surface area contributed by atoms with E-state index in [1.54, 1.807) is 6.92 Å². The molecule has 0 spiro atoms. The van der Waals surface area contributed by atoms with Crippen LogP contribution in [0.25, 0.3) is 0 Å². The zero-order chi connectivity index (χ0) is 13.2. The normalized spacial score (nSPS) is 11.8. The van der Waals surface area contributed by atoms with Crippen LogP contribution >= 0.6 is 11.6 Å². The number of hydrogen-bond acceptors (Lipinski definition) is 3. The Bertz CT molecular complexity index is 540. The Morgan fingerprint density at radius 2 is 2.12 bits per heavy atom. The fourth-order valence-corrected chi connectivity index (χ4v) is 2.71. The van der Waals surface area contributed by atoms with Gasteiger partial charge in [-0.15, -0.1) is 0 Å². The predicted molar refractivity (Wildman–Crippen MR) is 70.5 cm³/mol. The van der Waals surface area contributed by atoms with Crippen molar-refractivity contribution in [1.29, 1.82) is 0 Å². The number of halogens is 1. The summed E-state index contributed by atoms with van der Waals surface area (Å²) in [4.78, 5) is 0.128. The van der Waals surface area contributed by atoms with Gasteiger partial charge in [-0.25, -0.2) is 8.42 Å². The molecule has 1 aromatic rings. The first-order chi connectivity index (χ1) is 7.75. The van der Waals surface area contributed by atoms with E-state index in [0.717, 1.165) is 5.57 Å². The summed E-state index contributed by atoms with van der Waals surface area (Å²) in [5.41, 5.74) is 6.60. The van der Waals surface area contributed by atoms with Crippen LogP contribution in [0, 0.1) is 0 Å². The van der Waals surface area contributed by atoms with Gasteiger partial charge in [-0.1, -0.05) is 23.8 Å². The van der Waals surface area contributed by atoms with Gasteiger partial charge in [0.05, 0.1) is 15.6 Å². The van der Waals surface area contributed by atoms with E-state index in [-0.39, 0.29) is 17.1 Å². The number of nitrogen functional groups attached to an aromatic ring is 1. The first-order valence-corrected chi connectivity index (χ1v) is 6.72. The number of benzene rings is 1. The predicted octanol–water partition coefficient (Wildman–Crippen LogP) is 2.12. The molecule has 0 amide bonds. The number of anilines is 1. The number of likely N-dealkylation sites (N-methyl/N-ethyl adjacent to an activating group) is 1. The van der Waals surface area contributed by atoms with Crippen LogP contribution in [0.5, 0.6) is 0 Å². The van der Waals surface area contributed by atoms with Gasteiger partial charge in [0.1, 0.15) is 0 Å². The molecule has 0 aliphatic heterocycles. The van der Waals surface area contributed by atoms with Crippen LogP contribution in [0.1, 0.15) is 6.92 Å². The van der Waals surface area contributed by atoms with Crippen molar-refractivity contribution in [3.8, 4) is 0 Å². The monoisotopic (exact) mass is 274 g/mol. The Labute approximate surface area is 107 Å². The molecule has 0 aliphatic rings. The van der Waals surface area contributed by atoms with Crippen LogP contribution in [0.2, 0.25) is 5.02 Å². The molecule has 94 valence electrons. The van der Waals surface area contributed by atoms with E-state index in [2.05, 4.69) is 6.58 Å². The number of nitrogens with two attached hydrogens (primary N) is 1. The first kappa shape index (κ1) is 14.0. The molecule has 0 bridgehead atoms. The molecular weight excluding hydrogens is 260 g/mol. The van der Waals surface area contributed by atoms with Gasteiger partial charge in [-0.3, -0.25) is 0 Å². The van der Waals surface area contributed by atoms with Crippen molar-refractivity contribution in [3.63, 3.8) is 0 Å². The lowest BCUT2D eigenvalue weighted by Gasteiger charge is -2.17. The zero-order valence-corrected chi connectivity index (χ0v) is 11.3. The number of nitrogens with zero attached hydrogens (tertiary/aromatic N) is 1. The van der Waals surface area contributed by atoms with Crippen LogP contribution in [-0.2, 0) is 10.0 Å². The molecule has 2 N–H and O–H groups in total. The molecule has 6 heteroatoms. The molecule has 17 heavy (non-hydrogen) atoms. The molecule has 0 unspecified atom stereocenters. The van der Waals surface area contributed by atoms with Crippen molar-refractivity contribution >= 4 is 27.3 Å². The minimum Gasteiger partial charge on any atom is -0.397 e. The van der Waals surface area contributed by atoms with Gasteiger partial charge in [0.2, 0.25) is 10.0 Å². The minimum absolute atomic E-state index is 0.128. The summed E-state index contributed by atoms with van der Waals surface area (Å²) in [7, 11) is -2.04. The van der Waals surface area contributed by atoms with Gasteiger partial charge in [-0.2, -0.15) is 4.31 Å². The largest absolute Gasteiger partial charge is 0.397 e. The molecule has 0 aromatic heterocycles. The maximum atomic E-state index is 12.1. The van der Waals surface area contributed by atoms with E-state index in [1.807, 2.05) is 0 Å². The van der Waals surface area contributed by atoms with Crippen molar-refractivity contribution in [3.05, 3.63) is 35.4 Å². The van der Waals surface area contributed by atoms with Gasteiger partial charge in [-0.05, 0) is 25.1 Å². The van der Waals surface area contributed by atoms with Gasteiger partial charge < -0.3 is 5.73 Å². The standard InChI is InChI=1S/C11H15ClN2O2S/c1-8(2)7-14(3)17(15,16)9-4-5-10(12)11(13)6-9/h4-6H,1,7,13H2,2-3H3. The summed E-state index contributed by atoms with van der Waals surface area (Å²) >= 11 is 5.75. The van der Waals surface area contributed by atoms with Crippen molar-refractivity contribution < 1.29 is 8.42 Å². The van der Waals surface area contributed by atoms with Crippen molar-refractivity contribution in [1.82, 2.24) is 4.31 Å². The first-order valence-electron chi connectivity index (χ1n) is 4.91. The average molecular weight is 275 g/mol. The summed E-state index contributed by atoms with van der Waals surface area (Å²) in [5.74, 6) is 0. The van der Waals surface area contributed by atoms with Crippen LogP contribution < -0.4 is 5.73 Å². The molecule has 0 saturated carbocycles. The lowest BCUT2D eigenvalue weighted by atomic mass is 10.3. The zero-order valence-electron chi connectivity index (χ0n) is 9.77. The third-order valence-corrected chi connectivity index (χ3v) is 4.31. The topological polar surface area (TPSA) is 63.4 Å². The van der Waals surface area contributed by atoms with Crippen LogP contribution in [0.4, 0.5) is 5.69 Å². The molecule has 0 saturated heterocycles. The van der Waals surface area contributed by atoms with E-state index in [0.29, 0.717) is 5.02 Å². The van der Waals surface area contributed by atoms with Crippen LogP contribution in [-0.4, -0.2) is 26.3 Å². The van der Waals surface area contributed by atoms with E-state index < -0.39 is 10.0 Å². The average Bonchev–Trinajstić information content (AvgIpc) is 2.20. The fraction of sp³-hybridized carbons (Fsp3) is 0.273. The summed E-state index contributed by atoms with van der Waals surface area (Å²) in [6, 6.07) is 4.26. The van der Waals surface area contributed by atoms with Crippen molar-refractivity contribution in [2.24, 2.45) is 0 Å². The van der Waals surface area contributed by atoms with Crippen molar-refractivity contribution in [2.75, 3.05) is 19.3 Å². The summed E-state index contributed by atoms with van der Waals surface area (Å²) in [5, 5.41) is 0.339. The van der Waals surface area contributed by atoms with Crippen LogP contribution in [0.3, 0.4) is 0 Å². The molecular formula is C11H15ClN2O2S. The van der Waals surface area contributed by atoms with Gasteiger partial charge in [0.25, 0.3) is 0 Å². The maximum absolute atomic E-state index is 12.1. The summed E-state index contributed by atoms with van der Waals surface area (Å²) in [6.45, 7) is 5.72. The highest BCUT2D eigenvalue weighted by atomic mass is 35.5. The van der Waals surface area contributed by atoms with Crippen molar-refractivity contribution in [2.45, 2.75) is 11.8 Å². The molecule has 0 aliphatic carbocycles. The highest BCUT2D eigenvalue weighted by Crippen LogP contribution is 2.24. The molecule has 1 aromatic carbocycles. The summed E-state index contributed by atoms with van der Waals surface area (Å²) in [6.07, 6.45) is 0. The van der Waals surface area contributed by atoms with Gasteiger partial charge >= 0.3 is 0 Å². The lowest BCUT2D eigenvalue weighted by molar-refractivity contribution is 0.493. The van der Waals surface area contributed by atoms with E-state index in [4.69, 9.17) is 17.3 Å². The Morgan fingerprint density at radius 1 is 1.53 bits per heavy atom. The number of rotatable bonds is 4. The Kier molecular flexibility index (Phi) is 4.19. The Balaban J connectivity index is 3.13.